The monoisotopic (exact) mass is 506 g/mol. The standard InChI is InChI=1S/C20H34N4O3.HI/c1-6-24-10-8-7-9-16(24)14-23-20(21-2)22-13-15-11-17(25-3)19(27-5)18(12-15)26-4;/h11-12,16H,6-10,13-14H2,1-5H3,(H2,21,22,23);1H. The van der Waals surface area contributed by atoms with E-state index in [2.05, 4.69) is 27.4 Å². The first-order valence-corrected chi connectivity index (χ1v) is 9.64. The van der Waals surface area contributed by atoms with Gasteiger partial charge < -0.3 is 24.8 Å². The summed E-state index contributed by atoms with van der Waals surface area (Å²) in [5, 5.41) is 6.83. The molecule has 28 heavy (non-hydrogen) atoms. The van der Waals surface area contributed by atoms with Crippen molar-refractivity contribution >= 4 is 29.9 Å². The van der Waals surface area contributed by atoms with E-state index in [-0.39, 0.29) is 24.0 Å². The zero-order valence-corrected chi connectivity index (χ0v) is 20.0. The maximum atomic E-state index is 5.42. The summed E-state index contributed by atoms with van der Waals surface area (Å²) in [5.74, 6) is 2.70. The molecule has 1 atom stereocenters. The summed E-state index contributed by atoms with van der Waals surface area (Å²) in [6.45, 7) is 6.04. The molecule has 0 amide bonds. The highest BCUT2D eigenvalue weighted by atomic mass is 127. The van der Waals surface area contributed by atoms with Crippen LogP contribution in [0.1, 0.15) is 31.7 Å². The van der Waals surface area contributed by atoms with Gasteiger partial charge in [0.25, 0.3) is 0 Å². The smallest absolute Gasteiger partial charge is 0.203 e. The molecule has 1 saturated heterocycles. The van der Waals surface area contributed by atoms with Gasteiger partial charge in [-0.05, 0) is 43.6 Å². The van der Waals surface area contributed by atoms with Gasteiger partial charge in [-0.1, -0.05) is 13.3 Å². The van der Waals surface area contributed by atoms with Crippen LogP contribution in [0.25, 0.3) is 0 Å². The fraction of sp³-hybridized carbons (Fsp3) is 0.650. The number of halogens is 1. The number of ether oxygens (including phenoxy) is 3. The summed E-state index contributed by atoms with van der Waals surface area (Å²) >= 11 is 0. The number of methoxy groups -OCH3 is 3. The van der Waals surface area contributed by atoms with E-state index in [0.717, 1.165) is 24.6 Å². The highest BCUT2D eigenvalue weighted by Crippen LogP contribution is 2.38. The first-order valence-electron chi connectivity index (χ1n) is 9.64. The third-order valence-corrected chi connectivity index (χ3v) is 5.07. The molecule has 1 aliphatic rings. The van der Waals surface area contributed by atoms with E-state index in [1.54, 1.807) is 28.4 Å². The van der Waals surface area contributed by atoms with Crippen molar-refractivity contribution in [2.45, 2.75) is 38.8 Å². The largest absolute Gasteiger partial charge is 0.493 e. The predicted molar refractivity (Wildman–Crippen MR) is 125 cm³/mol. The van der Waals surface area contributed by atoms with Crippen LogP contribution in [-0.4, -0.2) is 64.9 Å². The average Bonchev–Trinajstić information content (AvgIpc) is 2.73. The Labute approximate surface area is 186 Å². The van der Waals surface area contributed by atoms with E-state index >= 15 is 0 Å². The first-order chi connectivity index (χ1) is 13.2. The van der Waals surface area contributed by atoms with E-state index in [4.69, 9.17) is 14.2 Å². The highest BCUT2D eigenvalue weighted by molar-refractivity contribution is 14.0. The van der Waals surface area contributed by atoms with Gasteiger partial charge in [-0.25, -0.2) is 0 Å². The first kappa shape index (κ1) is 24.6. The van der Waals surface area contributed by atoms with Crippen molar-refractivity contribution in [3.63, 3.8) is 0 Å². The highest BCUT2D eigenvalue weighted by Gasteiger charge is 2.21. The summed E-state index contributed by atoms with van der Waals surface area (Å²) in [7, 11) is 6.65. The van der Waals surface area contributed by atoms with Gasteiger partial charge in [0.15, 0.2) is 17.5 Å². The average molecular weight is 506 g/mol. The quantitative estimate of drug-likeness (QED) is 0.321. The molecular formula is C20H35IN4O3. The summed E-state index contributed by atoms with van der Waals surface area (Å²) in [6, 6.07) is 4.46. The molecule has 0 aromatic heterocycles. The minimum Gasteiger partial charge on any atom is -0.493 e. The number of guanidine groups is 1. The predicted octanol–water partition coefficient (Wildman–Crippen LogP) is 2.87. The maximum Gasteiger partial charge on any atom is 0.203 e. The van der Waals surface area contributed by atoms with Crippen LogP contribution in [0.5, 0.6) is 17.2 Å². The third-order valence-electron chi connectivity index (χ3n) is 5.07. The third kappa shape index (κ3) is 6.58. The zero-order chi connectivity index (χ0) is 19.6. The van der Waals surface area contributed by atoms with Crippen molar-refractivity contribution in [2.75, 3.05) is 48.0 Å². The number of aliphatic imine (C=N–C) groups is 1. The number of likely N-dealkylation sites (N-methyl/N-ethyl adjacent to an activating group) is 1. The SMILES string of the molecule is CCN1CCCCC1CNC(=NC)NCc1cc(OC)c(OC)c(OC)c1.I. The van der Waals surface area contributed by atoms with Crippen molar-refractivity contribution in [3.8, 4) is 17.2 Å². The normalized spacial score (nSPS) is 17.5. The van der Waals surface area contributed by atoms with Crippen LogP contribution in [0.4, 0.5) is 0 Å². The lowest BCUT2D eigenvalue weighted by Gasteiger charge is -2.35. The van der Waals surface area contributed by atoms with Gasteiger partial charge in [-0.15, -0.1) is 24.0 Å². The molecule has 0 spiro atoms. The Hall–Kier alpha value is -1.42. The Morgan fingerprint density at radius 2 is 1.79 bits per heavy atom. The molecule has 0 saturated carbocycles. The number of likely N-dealkylation sites (tertiary alicyclic amines) is 1. The van der Waals surface area contributed by atoms with Crippen LogP contribution in [0.2, 0.25) is 0 Å². The molecule has 1 aromatic carbocycles. The molecular weight excluding hydrogens is 471 g/mol. The second-order valence-electron chi connectivity index (χ2n) is 6.62. The van der Waals surface area contributed by atoms with E-state index in [0.29, 0.717) is 29.8 Å². The van der Waals surface area contributed by atoms with Crippen molar-refractivity contribution in [1.82, 2.24) is 15.5 Å². The lowest BCUT2D eigenvalue weighted by atomic mass is 10.0. The minimum absolute atomic E-state index is 0. The Bertz CT molecular complexity index is 602. The number of nitrogens with one attached hydrogen (secondary N) is 2. The van der Waals surface area contributed by atoms with Gasteiger partial charge in [0.05, 0.1) is 21.3 Å². The van der Waals surface area contributed by atoms with Gasteiger partial charge in [0, 0.05) is 26.2 Å². The summed E-state index contributed by atoms with van der Waals surface area (Å²) in [4.78, 5) is 6.89. The van der Waals surface area contributed by atoms with Crippen molar-refractivity contribution in [1.29, 1.82) is 0 Å². The van der Waals surface area contributed by atoms with Gasteiger partial charge in [-0.3, -0.25) is 9.89 Å². The van der Waals surface area contributed by atoms with Gasteiger partial charge >= 0.3 is 0 Å². The molecule has 2 rings (SSSR count). The van der Waals surface area contributed by atoms with Crippen molar-refractivity contribution in [2.24, 2.45) is 4.99 Å². The summed E-state index contributed by atoms with van der Waals surface area (Å²) < 4.78 is 16.2. The number of hydrogen-bond donors (Lipinski definition) is 2. The number of rotatable bonds is 8. The Balaban J connectivity index is 0.00000392. The van der Waals surface area contributed by atoms with E-state index in [1.165, 1.54) is 25.8 Å². The van der Waals surface area contributed by atoms with Gasteiger partial charge in [-0.2, -0.15) is 0 Å². The van der Waals surface area contributed by atoms with Gasteiger partial charge in [0.1, 0.15) is 0 Å². The molecule has 0 aliphatic carbocycles. The number of nitrogens with zero attached hydrogens (tertiary/aromatic N) is 2. The lowest BCUT2D eigenvalue weighted by Crippen LogP contribution is -2.48. The Kier molecular flexibility index (Phi) is 11.4. The van der Waals surface area contributed by atoms with Crippen LogP contribution in [0.15, 0.2) is 17.1 Å². The lowest BCUT2D eigenvalue weighted by molar-refractivity contribution is 0.157. The van der Waals surface area contributed by atoms with Crippen LogP contribution in [0, 0.1) is 0 Å². The topological polar surface area (TPSA) is 67.4 Å². The molecule has 0 bridgehead atoms. The number of piperidine rings is 1. The van der Waals surface area contributed by atoms with Gasteiger partial charge in [0.2, 0.25) is 5.75 Å². The van der Waals surface area contributed by atoms with E-state index in [1.807, 2.05) is 12.1 Å². The van der Waals surface area contributed by atoms with Crippen LogP contribution < -0.4 is 24.8 Å². The van der Waals surface area contributed by atoms with Crippen molar-refractivity contribution < 1.29 is 14.2 Å². The molecule has 7 nitrogen and oxygen atoms in total. The summed E-state index contributed by atoms with van der Waals surface area (Å²) in [5.41, 5.74) is 1.03. The van der Waals surface area contributed by atoms with Crippen molar-refractivity contribution in [3.05, 3.63) is 17.7 Å². The summed E-state index contributed by atoms with van der Waals surface area (Å²) in [6.07, 6.45) is 3.85. The van der Waals surface area contributed by atoms with Crippen LogP contribution in [0.3, 0.4) is 0 Å². The minimum atomic E-state index is 0. The second kappa shape index (κ2) is 12.9. The Morgan fingerprint density at radius 3 is 2.32 bits per heavy atom. The zero-order valence-electron chi connectivity index (χ0n) is 17.7. The molecule has 1 heterocycles. The van der Waals surface area contributed by atoms with E-state index in [9.17, 15) is 0 Å². The Morgan fingerprint density at radius 1 is 1.11 bits per heavy atom. The number of hydrogen-bond acceptors (Lipinski definition) is 5. The fourth-order valence-corrected chi connectivity index (χ4v) is 3.57. The number of benzene rings is 1. The molecule has 1 aliphatic heterocycles. The van der Waals surface area contributed by atoms with Crippen LogP contribution >= 0.6 is 24.0 Å². The molecule has 2 N–H and O–H groups in total. The molecule has 8 heteroatoms. The molecule has 1 aromatic rings. The molecule has 160 valence electrons. The second-order valence-corrected chi connectivity index (χ2v) is 6.62. The fourth-order valence-electron chi connectivity index (χ4n) is 3.57. The molecule has 1 unspecified atom stereocenters. The van der Waals surface area contributed by atoms with Crippen LogP contribution in [-0.2, 0) is 6.54 Å². The maximum absolute atomic E-state index is 5.42. The van der Waals surface area contributed by atoms with E-state index < -0.39 is 0 Å². The molecule has 0 radical (unpaired) electrons. The molecule has 1 fully saturated rings.